The number of halogens is 1. The van der Waals surface area contributed by atoms with Gasteiger partial charge in [-0.05, 0) is 28.1 Å². The molecule has 114 valence electrons. The fourth-order valence-corrected chi connectivity index (χ4v) is 2.19. The molecule has 1 aromatic heterocycles. The average Bonchev–Trinajstić information content (AvgIpc) is 3.06. The normalized spacial score (nSPS) is 21.0. The van der Waals surface area contributed by atoms with Crippen molar-refractivity contribution in [2.75, 3.05) is 19.8 Å². The van der Waals surface area contributed by atoms with E-state index in [2.05, 4.69) is 26.6 Å². The first-order valence-corrected chi connectivity index (χ1v) is 6.88. The molecule has 0 spiro atoms. The van der Waals surface area contributed by atoms with Crippen molar-refractivity contribution in [1.29, 1.82) is 0 Å². The molecule has 1 unspecified atom stereocenters. The first kappa shape index (κ1) is 15.5. The van der Waals surface area contributed by atoms with Gasteiger partial charge in [0.25, 0.3) is 5.91 Å². The second-order valence-electron chi connectivity index (χ2n) is 4.52. The second kappa shape index (κ2) is 6.27. The van der Waals surface area contributed by atoms with Gasteiger partial charge in [-0.15, -0.1) is 0 Å². The molecule has 2 heterocycles. The Bertz CT molecular complexity index is 564. The second-order valence-corrected chi connectivity index (χ2v) is 5.31. The molecule has 3 N–H and O–H groups in total. The highest BCUT2D eigenvalue weighted by Crippen LogP contribution is 2.18. The van der Waals surface area contributed by atoms with Crippen LogP contribution in [0.3, 0.4) is 0 Å². The molecule has 0 radical (unpaired) electrons. The van der Waals surface area contributed by atoms with Gasteiger partial charge in [-0.1, -0.05) is 0 Å². The van der Waals surface area contributed by atoms with Gasteiger partial charge in [-0.3, -0.25) is 9.59 Å². The van der Waals surface area contributed by atoms with Gasteiger partial charge < -0.3 is 24.9 Å². The third-order valence-electron chi connectivity index (χ3n) is 3.02. The summed E-state index contributed by atoms with van der Waals surface area (Å²) in [6.07, 6.45) is 0.188. The number of carboxylic acid groups (broad SMARTS) is 1. The van der Waals surface area contributed by atoms with E-state index in [4.69, 9.17) is 14.3 Å². The predicted molar refractivity (Wildman–Crippen MR) is 72.7 cm³/mol. The highest BCUT2D eigenvalue weighted by Gasteiger charge is 2.43. The lowest BCUT2D eigenvalue weighted by molar-refractivity contribution is -0.147. The number of ether oxygens (including phenoxy) is 1. The van der Waals surface area contributed by atoms with Crippen LogP contribution >= 0.6 is 15.9 Å². The lowest BCUT2D eigenvalue weighted by Crippen LogP contribution is -2.57. The summed E-state index contributed by atoms with van der Waals surface area (Å²) in [5.74, 6) is -2.29. The van der Waals surface area contributed by atoms with Gasteiger partial charge in [0.15, 0.2) is 16.0 Å². The van der Waals surface area contributed by atoms with E-state index < -0.39 is 23.3 Å². The monoisotopic (exact) mass is 360 g/mol. The number of nitrogens with one attached hydrogen (secondary N) is 2. The summed E-state index contributed by atoms with van der Waals surface area (Å²) >= 11 is 3.06. The van der Waals surface area contributed by atoms with Crippen LogP contribution in [0.2, 0.25) is 0 Å². The number of carbonyl (C=O) groups is 3. The van der Waals surface area contributed by atoms with Crippen LogP contribution in [-0.4, -0.2) is 48.2 Å². The number of carboxylic acids is 1. The molecule has 1 aliphatic heterocycles. The largest absolute Gasteiger partial charge is 0.479 e. The molecule has 1 atom stereocenters. The molecule has 1 aromatic rings. The smallest absolute Gasteiger partial charge is 0.331 e. The zero-order valence-corrected chi connectivity index (χ0v) is 12.4. The summed E-state index contributed by atoms with van der Waals surface area (Å²) in [5.41, 5.74) is -1.42. The Hall–Kier alpha value is -1.87. The maximum atomic E-state index is 11.8. The van der Waals surface area contributed by atoms with Gasteiger partial charge in [0, 0.05) is 13.0 Å². The van der Waals surface area contributed by atoms with Crippen LogP contribution in [0.5, 0.6) is 0 Å². The number of amides is 2. The molecule has 0 bridgehead atoms. The zero-order chi connectivity index (χ0) is 15.5. The van der Waals surface area contributed by atoms with E-state index in [1.54, 1.807) is 6.07 Å². The SMILES string of the molecule is O=C(CNC(=O)c1ccc(Br)o1)NC1(C(=O)O)CCOC1. The van der Waals surface area contributed by atoms with Crippen molar-refractivity contribution < 1.29 is 28.6 Å². The van der Waals surface area contributed by atoms with Crippen molar-refractivity contribution in [3.05, 3.63) is 22.6 Å². The molecule has 9 heteroatoms. The standard InChI is InChI=1S/C12H13BrN2O6/c13-8-2-1-7(21-8)10(17)14-5-9(16)15-12(11(18)19)3-4-20-6-12/h1-2H,3-6H2,(H,14,17)(H,15,16)(H,18,19). The Labute approximate surface area is 127 Å². The summed E-state index contributed by atoms with van der Waals surface area (Å²) in [6.45, 7) is -0.182. The molecule has 21 heavy (non-hydrogen) atoms. The molecule has 0 aromatic carbocycles. The summed E-state index contributed by atoms with van der Waals surface area (Å²) in [4.78, 5) is 34.7. The van der Waals surface area contributed by atoms with Crippen LogP contribution in [-0.2, 0) is 14.3 Å². The van der Waals surface area contributed by atoms with E-state index >= 15 is 0 Å². The zero-order valence-electron chi connectivity index (χ0n) is 10.8. The Morgan fingerprint density at radius 2 is 2.14 bits per heavy atom. The fourth-order valence-electron chi connectivity index (χ4n) is 1.88. The number of rotatable bonds is 5. The molecule has 1 fully saturated rings. The van der Waals surface area contributed by atoms with Gasteiger partial charge in [0.1, 0.15) is 0 Å². The van der Waals surface area contributed by atoms with Crippen molar-refractivity contribution in [3.63, 3.8) is 0 Å². The van der Waals surface area contributed by atoms with E-state index in [0.29, 0.717) is 4.67 Å². The van der Waals surface area contributed by atoms with Crippen molar-refractivity contribution >= 4 is 33.7 Å². The number of hydrogen-bond acceptors (Lipinski definition) is 5. The first-order valence-electron chi connectivity index (χ1n) is 6.09. The number of aliphatic carboxylic acids is 1. The average molecular weight is 361 g/mol. The van der Waals surface area contributed by atoms with Crippen LogP contribution in [0.25, 0.3) is 0 Å². The molecule has 2 amide bonds. The Kier molecular flexibility index (Phi) is 4.63. The van der Waals surface area contributed by atoms with Crippen LogP contribution in [0.15, 0.2) is 21.2 Å². The first-order chi connectivity index (χ1) is 9.93. The summed E-state index contributed by atoms with van der Waals surface area (Å²) in [7, 11) is 0. The van der Waals surface area contributed by atoms with Crippen LogP contribution in [0, 0.1) is 0 Å². The molecule has 1 aliphatic rings. The fraction of sp³-hybridized carbons (Fsp3) is 0.417. The minimum Gasteiger partial charge on any atom is -0.479 e. The minimum absolute atomic E-state index is 0.0480. The molecule has 8 nitrogen and oxygen atoms in total. The Morgan fingerprint density at radius 3 is 2.67 bits per heavy atom. The van der Waals surface area contributed by atoms with Gasteiger partial charge in [-0.25, -0.2) is 4.79 Å². The highest BCUT2D eigenvalue weighted by molar-refractivity contribution is 9.10. The van der Waals surface area contributed by atoms with Crippen LogP contribution in [0.1, 0.15) is 17.0 Å². The van der Waals surface area contributed by atoms with Gasteiger partial charge in [-0.2, -0.15) is 0 Å². The van der Waals surface area contributed by atoms with E-state index in [1.807, 2.05) is 0 Å². The number of hydrogen-bond donors (Lipinski definition) is 3. The summed E-state index contributed by atoms with van der Waals surface area (Å²) in [6, 6.07) is 2.99. The highest BCUT2D eigenvalue weighted by atomic mass is 79.9. The number of furan rings is 1. The van der Waals surface area contributed by atoms with Crippen molar-refractivity contribution in [2.24, 2.45) is 0 Å². The van der Waals surface area contributed by atoms with Crippen molar-refractivity contribution in [3.8, 4) is 0 Å². The van der Waals surface area contributed by atoms with Crippen molar-refractivity contribution in [1.82, 2.24) is 10.6 Å². The molecular weight excluding hydrogens is 348 g/mol. The van der Waals surface area contributed by atoms with E-state index in [1.165, 1.54) is 6.07 Å². The predicted octanol–water partition coefficient (Wildman–Crippen LogP) is 0.132. The Balaban J connectivity index is 1.87. The summed E-state index contributed by atoms with van der Waals surface area (Å²) < 4.78 is 10.4. The molecule has 1 saturated heterocycles. The van der Waals surface area contributed by atoms with Gasteiger partial charge >= 0.3 is 5.97 Å². The maximum Gasteiger partial charge on any atom is 0.331 e. The topological polar surface area (TPSA) is 118 Å². The lowest BCUT2D eigenvalue weighted by atomic mass is 9.99. The number of carbonyl (C=O) groups excluding carboxylic acids is 2. The maximum absolute atomic E-state index is 11.8. The molecular formula is C12H13BrN2O6. The van der Waals surface area contributed by atoms with Crippen LogP contribution in [0.4, 0.5) is 0 Å². The van der Waals surface area contributed by atoms with Crippen molar-refractivity contribution in [2.45, 2.75) is 12.0 Å². The van der Waals surface area contributed by atoms with E-state index in [-0.39, 0.29) is 31.9 Å². The summed E-state index contributed by atoms with van der Waals surface area (Å²) in [5, 5.41) is 13.9. The third-order valence-corrected chi connectivity index (χ3v) is 3.44. The molecule has 0 saturated carbocycles. The lowest BCUT2D eigenvalue weighted by Gasteiger charge is -2.23. The van der Waals surface area contributed by atoms with E-state index in [9.17, 15) is 14.4 Å². The minimum atomic E-state index is -1.42. The van der Waals surface area contributed by atoms with E-state index in [0.717, 1.165) is 0 Å². The van der Waals surface area contributed by atoms with Gasteiger partial charge in [0.05, 0.1) is 13.2 Å². The molecule has 0 aliphatic carbocycles. The van der Waals surface area contributed by atoms with Gasteiger partial charge in [0.2, 0.25) is 5.91 Å². The third kappa shape index (κ3) is 3.61. The molecule has 2 rings (SSSR count). The quantitative estimate of drug-likeness (QED) is 0.686. The van der Waals surface area contributed by atoms with Crippen LogP contribution < -0.4 is 10.6 Å². The Morgan fingerprint density at radius 1 is 1.38 bits per heavy atom.